The first-order valence-corrected chi connectivity index (χ1v) is 10.2. The summed E-state index contributed by atoms with van der Waals surface area (Å²) in [6.45, 7) is 9.33. The summed E-state index contributed by atoms with van der Waals surface area (Å²) in [6, 6.07) is 0.245. The zero-order valence-corrected chi connectivity index (χ0v) is 15.9. The SMILES string of the molecule is CSc1nc(C(C)C)nc(C)c1C(=O)N[C@H]1CCN(CC2CC2)C1. The van der Waals surface area contributed by atoms with Crippen molar-refractivity contribution in [1.82, 2.24) is 20.2 Å². The summed E-state index contributed by atoms with van der Waals surface area (Å²) in [5.41, 5.74) is 1.43. The summed E-state index contributed by atoms with van der Waals surface area (Å²) in [6.07, 6.45) is 5.76. The monoisotopic (exact) mass is 348 g/mol. The molecule has 0 bridgehead atoms. The van der Waals surface area contributed by atoms with Crippen LogP contribution in [0.5, 0.6) is 0 Å². The van der Waals surface area contributed by atoms with Crippen molar-refractivity contribution in [2.24, 2.45) is 5.92 Å². The molecule has 1 aromatic rings. The zero-order chi connectivity index (χ0) is 17.3. The molecule has 24 heavy (non-hydrogen) atoms. The van der Waals surface area contributed by atoms with Gasteiger partial charge in [-0.25, -0.2) is 9.97 Å². The number of thioether (sulfide) groups is 1. The lowest BCUT2D eigenvalue weighted by Gasteiger charge is -2.18. The lowest BCUT2D eigenvalue weighted by atomic mass is 10.1. The minimum absolute atomic E-state index is 0.0228. The fourth-order valence-electron chi connectivity index (χ4n) is 3.27. The molecule has 1 saturated carbocycles. The standard InChI is InChI=1S/C18H28N4OS/c1-11(2)16-19-12(3)15(18(21-16)24-4)17(23)20-14-7-8-22(10-14)9-13-5-6-13/h11,13-14H,5-10H2,1-4H3,(H,20,23)/t14-/m0/s1. The van der Waals surface area contributed by atoms with Crippen LogP contribution in [0, 0.1) is 12.8 Å². The first-order valence-electron chi connectivity index (χ1n) is 8.93. The summed E-state index contributed by atoms with van der Waals surface area (Å²) in [7, 11) is 0. The third kappa shape index (κ3) is 4.09. The molecule has 2 fully saturated rings. The summed E-state index contributed by atoms with van der Waals surface area (Å²) >= 11 is 1.52. The average molecular weight is 349 g/mol. The Morgan fingerprint density at radius 3 is 2.71 bits per heavy atom. The quantitative estimate of drug-likeness (QED) is 0.633. The van der Waals surface area contributed by atoms with Gasteiger partial charge in [-0.1, -0.05) is 13.8 Å². The van der Waals surface area contributed by atoms with Gasteiger partial charge in [0.2, 0.25) is 0 Å². The highest BCUT2D eigenvalue weighted by Crippen LogP contribution is 2.31. The number of hydrogen-bond acceptors (Lipinski definition) is 5. The second-order valence-electron chi connectivity index (χ2n) is 7.37. The van der Waals surface area contributed by atoms with Gasteiger partial charge in [0, 0.05) is 31.6 Å². The maximum Gasteiger partial charge on any atom is 0.256 e. The highest BCUT2D eigenvalue weighted by atomic mass is 32.2. The lowest BCUT2D eigenvalue weighted by Crippen LogP contribution is -2.38. The molecule has 2 aliphatic rings. The van der Waals surface area contributed by atoms with Gasteiger partial charge < -0.3 is 10.2 Å². The number of aromatic nitrogens is 2. The largest absolute Gasteiger partial charge is 0.348 e. The van der Waals surface area contributed by atoms with Crippen LogP contribution in [0.25, 0.3) is 0 Å². The van der Waals surface area contributed by atoms with Crippen LogP contribution in [-0.4, -0.2) is 52.7 Å². The van der Waals surface area contributed by atoms with E-state index in [1.165, 1.54) is 31.1 Å². The molecule has 1 saturated heterocycles. The molecule has 132 valence electrons. The molecule has 0 radical (unpaired) electrons. The van der Waals surface area contributed by atoms with Gasteiger partial charge in [-0.3, -0.25) is 4.79 Å². The Hall–Kier alpha value is -1.14. The highest BCUT2D eigenvalue weighted by molar-refractivity contribution is 7.98. The molecule has 1 atom stereocenters. The third-order valence-corrected chi connectivity index (χ3v) is 5.51. The highest BCUT2D eigenvalue weighted by Gasteiger charge is 2.30. The van der Waals surface area contributed by atoms with Crippen molar-refractivity contribution in [3.8, 4) is 0 Å². The Kier molecular flexibility index (Phi) is 5.45. The summed E-state index contributed by atoms with van der Waals surface area (Å²) < 4.78 is 0. The molecule has 6 heteroatoms. The number of aryl methyl sites for hydroxylation is 1. The molecule has 0 spiro atoms. The Labute approximate surface area is 149 Å². The van der Waals surface area contributed by atoms with Gasteiger partial charge in [0.05, 0.1) is 11.3 Å². The van der Waals surface area contributed by atoms with Gasteiger partial charge in [0.1, 0.15) is 10.9 Å². The van der Waals surface area contributed by atoms with E-state index in [4.69, 9.17) is 0 Å². The Morgan fingerprint density at radius 1 is 1.33 bits per heavy atom. The molecule has 2 heterocycles. The molecular formula is C18H28N4OS. The predicted molar refractivity (Wildman–Crippen MR) is 97.7 cm³/mol. The Balaban J connectivity index is 1.68. The number of nitrogens with zero attached hydrogens (tertiary/aromatic N) is 3. The molecule has 0 unspecified atom stereocenters. The van der Waals surface area contributed by atoms with E-state index in [1.54, 1.807) is 0 Å². The molecule has 0 aromatic carbocycles. The average Bonchev–Trinajstić information content (AvgIpc) is 3.24. The third-order valence-electron chi connectivity index (χ3n) is 4.83. The van der Waals surface area contributed by atoms with Crippen molar-refractivity contribution in [3.63, 3.8) is 0 Å². The van der Waals surface area contributed by atoms with Crippen LogP contribution in [0.4, 0.5) is 0 Å². The number of carbonyl (C=O) groups is 1. The summed E-state index contributed by atoms with van der Waals surface area (Å²) in [5.74, 6) is 1.95. The van der Waals surface area contributed by atoms with E-state index in [9.17, 15) is 4.79 Å². The normalized spacial score (nSPS) is 21.5. The maximum atomic E-state index is 12.8. The van der Waals surface area contributed by atoms with Gasteiger partial charge in [-0.2, -0.15) is 0 Å². The molecular weight excluding hydrogens is 320 g/mol. The molecule has 1 aliphatic carbocycles. The maximum absolute atomic E-state index is 12.8. The minimum atomic E-state index is -0.0228. The number of hydrogen-bond donors (Lipinski definition) is 1. The number of nitrogens with one attached hydrogen (secondary N) is 1. The van der Waals surface area contributed by atoms with Crippen LogP contribution in [-0.2, 0) is 0 Å². The first-order chi connectivity index (χ1) is 11.5. The Morgan fingerprint density at radius 2 is 2.08 bits per heavy atom. The Bertz CT molecular complexity index is 615. The molecule has 5 nitrogen and oxygen atoms in total. The fraction of sp³-hybridized carbons (Fsp3) is 0.722. The van der Waals surface area contributed by atoms with Gasteiger partial charge in [-0.05, 0) is 38.4 Å². The van der Waals surface area contributed by atoms with Crippen molar-refractivity contribution in [3.05, 3.63) is 17.1 Å². The molecule has 3 rings (SSSR count). The van der Waals surface area contributed by atoms with Crippen molar-refractivity contribution >= 4 is 17.7 Å². The van der Waals surface area contributed by atoms with E-state index < -0.39 is 0 Å². The number of rotatable bonds is 6. The van der Waals surface area contributed by atoms with Crippen molar-refractivity contribution < 1.29 is 4.79 Å². The van der Waals surface area contributed by atoms with Gasteiger partial charge in [0.25, 0.3) is 5.91 Å². The summed E-state index contributed by atoms with van der Waals surface area (Å²) in [5, 5.41) is 4.00. The molecule has 1 amide bonds. The van der Waals surface area contributed by atoms with Crippen LogP contribution in [0.1, 0.15) is 60.9 Å². The van der Waals surface area contributed by atoms with Crippen LogP contribution in [0.3, 0.4) is 0 Å². The fourth-order valence-corrected chi connectivity index (χ4v) is 3.90. The number of likely N-dealkylation sites (tertiary alicyclic amines) is 1. The van der Waals surface area contributed by atoms with Crippen molar-refractivity contribution in [2.75, 3.05) is 25.9 Å². The first kappa shape index (κ1) is 17.7. The smallest absolute Gasteiger partial charge is 0.256 e. The van der Waals surface area contributed by atoms with Crippen LogP contribution in [0.15, 0.2) is 5.03 Å². The van der Waals surface area contributed by atoms with Gasteiger partial charge in [-0.15, -0.1) is 11.8 Å². The summed E-state index contributed by atoms with van der Waals surface area (Å²) in [4.78, 5) is 24.4. The van der Waals surface area contributed by atoms with E-state index in [-0.39, 0.29) is 17.9 Å². The molecule has 1 N–H and O–H groups in total. The second-order valence-corrected chi connectivity index (χ2v) is 8.16. The van der Waals surface area contributed by atoms with Crippen LogP contribution < -0.4 is 5.32 Å². The van der Waals surface area contributed by atoms with E-state index >= 15 is 0 Å². The molecule has 1 aromatic heterocycles. The van der Waals surface area contributed by atoms with Crippen molar-refractivity contribution in [2.45, 2.75) is 57.0 Å². The van der Waals surface area contributed by atoms with E-state index in [2.05, 4.69) is 34.0 Å². The lowest BCUT2D eigenvalue weighted by molar-refractivity contribution is 0.0932. The van der Waals surface area contributed by atoms with E-state index in [1.807, 2.05) is 13.2 Å². The van der Waals surface area contributed by atoms with Crippen LogP contribution in [0.2, 0.25) is 0 Å². The topological polar surface area (TPSA) is 58.1 Å². The number of carbonyl (C=O) groups excluding carboxylic acids is 1. The van der Waals surface area contributed by atoms with Crippen LogP contribution >= 0.6 is 11.8 Å². The van der Waals surface area contributed by atoms with Gasteiger partial charge in [0.15, 0.2) is 0 Å². The zero-order valence-electron chi connectivity index (χ0n) is 15.1. The van der Waals surface area contributed by atoms with Gasteiger partial charge >= 0.3 is 0 Å². The van der Waals surface area contributed by atoms with E-state index in [0.717, 1.165) is 42.0 Å². The van der Waals surface area contributed by atoms with E-state index in [0.29, 0.717) is 5.56 Å². The second kappa shape index (κ2) is 7.40. The van der Waals surface area contributed by atoms with Crippen molar-refractivity contribution in [1.29, 1.82) is 0 Å². The number of amides is 1. The predicted octanol–water partition coefficient (Wildman–Crippen LogP) is 2.84. The molecule has 1 aliphatic heterocycles. The minimum Gasteiger partial charge on any atom is -0.348 e.